The van der Waals surface area contributed by atoms with Gasteiger partial charge in [-0.15, -0.1) is 0 Å². The Morgan fingerprint density at radius 1 is 0.853 bits per heavy atom. The molecule has 0 bridgehead atoms. The second-order valence-corrected chi connectivity index (χ2v) is 14.2. The van der Waals surface area contributed by atoms with E-state index in [4.69, 9.17) is 4.74 Å². The fraction of sp³-hybridized carbons (Fsp3) is 1.00. The average Bonchev–Trinajstić information content (AvgIpc) is 3.20. The van der Waals surface area contributed by atoms with E-state index in [9.17, 15) is 10.2 Å². The van der Waals surface area contributed by atoms with Crippen molar-refractivity contribution >= 4 is 0 Å². The standard InChI is InChI=1S/C31H54O3/c1-5-31(33)17-16-29(3)23(20-31)7-8-24-26-10-9-25(30(26,4)15-12-27(24)29)21(2)6-11-28(32)22-13-18-34-19-14-22/h21-28,32-33H,5-20H2,1-4H3/t21-,23+,24?,25-,26+,27+,28-,29+,30-,31+/m1/s1. The van der Waals surface area contributed by atoms with Gasteiger partial charge in [0.2, 0.25) is 0 Å². The van der Waals surface area contributed by atoms with Gasteiger partial charge in [0.05, 0.1) is 11.7 Å². The van der Waals surface area contributed by atoms with Crippen LogP contribution in [0.25, 0.3) is 0 Å². The third-order valence-corrected chi connectivity index (χ3v) is 13.0. The topological polar surface area (TPSA) is 49.7 Å². The van der Waals surface area contributed by atoms with Crippen molar-refractivity contribution in [3.8, 4) is 0 Å². The molecule has 2 N–H and O–H groups in total. The van der Waals surface area contributed by atoms with Gasteiger partial charge in [0.1, 0.15) is 0 Å². The van der Waals surface area contributed by atoms with Gasteiger partial charge in [-0.05, 0) is 142 Å². The molecule has 4 saturated carbocycles. The molecule has 0 radical (unpaired) electrons. The van der Waals surface area contributed by atoms with Crippen LogP contribution in [0.15, 0.2) is 0 Å². The van der Waals surface area contributed by atoms with Gasteiger partial charge in [-0.3, -0.25) is 0 Å². The molecule has 3 heteroatoms. The minimum absolute atomic E-state index is 0.129. The molecule has 0 aromatic heterocycles. The molecule has 34 heavy (non-hydrogen) atoms. The average molecular weight is 475 g/mol. The van der Waals surface area contributed by atoms with Crippen molar-refractivity contribution < 1.29 is 14.9 Å². The number of hydrogen-bond donors (Lipinski definition) is 2. The zero-order chi connectivity index (χ0) is 24.1. The van der Waals surface area contributed by atoms with E-state index < -0.39 is 0 Å². The summed E-state index contributed by atoms with van der Waals surface area (Å²) in [7, 11) is 0. The molecule has 5 rings (SSSR count). The van der Waals surface area contributed by atoms with E-state index in [2.05, 4.69) is 27.7 Å². The van der Waals surface area contributed by atoms with Crippen molar-refractivity contribution in [3.05, 3.63) is 0 Å². The van der Waals surface area contributed by atoms with E-state index in [0.29, 0.717) is 16.7 Å². The summed E-state index contributed by atoms with van der Waals surface area (Å²) in [5.41, 5.74) is 0.582. The van der Waals surface area contributed by atoms with Crippen LogP contribution in [0.5, 0.6) is 0 Å². The summed E-state index contributed by atoms with van der Waals surface area (Å²) < 4.78 is 5.50. The van der Waals surface area contributed by atoms with Crippen LogP contribution in [0.2, 0.25) is 0 Å². The van der Waals surface area contributed by atoms with E-state index in [0.717, 1.165) is 87.2 Å². The van der Waals surface area contributed by atoms with Crippen molar-refractivity contribution in [3.63, 3.8) is 0 Å². The quantitative estimate of drug-likeness (QED) is 0.436. The maximum atomic E-state index is 11.1. The Morgan fingerprint density at radius 3 is 2.32 bits per heavy atom. The van der Waals surface area contributed by atoms with Gasteiger partial charge >= 0.3 is 0 Å². The lowest BCUT2D eigenvalue weighted by atomic mass is 9.43. The van der Waals surface area contributed by atoms with Gasteiger partial charge in [0.25, 0.3) is 0 Å². The van der Waals surface area contributed by atoms with Crippen molar-refractivity contribution in [2.75, 3.05) is 13.2 Å². The molecule has 0 aromatic rings. The smallest absolute Gasteiger partial charge is 0.0648 e. The molecule has 3 nitrogen and oxygen atoms in total. The van der Waals surface area contributed by atoms with E-state index in [-0.39, 0.29) is 11.7 Å². The first-order valence-corrected chi connectivity index (χ1v) is 15.2. The highest BCUT2D eigenvalue weighted by molar-refractivity contribution is 5.10. The van der Waals surface area contributed by atoms with Crippen LogP contribution in [-0.2, 0) is 4.74 Å². The van der Waals surface area contributed by atoms with Crippen molar-refractivity contribution in [1.29, 1.82) is 0 Å². The molecular weight excluding hydrogens is 420 g/mol. The summed E-state index contributed by atoms with van der Waals surface area (Å²) in [6.07, 6.45) is 16.8. The third kappa shape index (κ3) is 4.32. The van der Waals surface area contributed by atoms with Crippen LogP contribution in [0.4, 0.5) is 0 Å². The number of fused-ring (bicyclic) bond motifs is 5. The Labute approximate surface area is 209 Å². The zero-order valence-corrected chi connectivity index (χ0v) is 22.7. The monoisotopic (exact) mass is 474 g/mol. The lowest BCUT2D eigenvalue weighted by molar-refractivity contribution is -0.152. The molecule has 10 atom stereocenters. The van der Waals surface area contributed by atoms with Crippen molar-refractivity contribution in [2.45, 2.75) is 129 Å². The van der Waals surface area contributed by atoms with Gasteiger partial charge in [-0.25, -0.2) is 0 Å². The van der Waals surface area contributed by atoms with Crippen LogP contribution in [0.1, 0.15) is 118 Å². The Hall–Kier alpha value is -0.120. The van der Waals surface area contributed by atoms with Crippen molar-refractivity contribution in [2.24, 2.45) is 52.3 Å². The maximum Gasteiger partial charge on any atom is 0.0648 e. The normalized spacial score (nSPS) is 49.1. The molecule has 1 heterocycles. The summed E-state index contributed by atoms with van der Waals surface area (Å²) in [5.74, 6) is 5.46. The van der Waals surface area contributed by atoms with Crippen LogP contribution in [0.3, 0.4) is 0 Å². The lowest BCUT2D eigenvalue weighted by Gasteiger charge is -2.62. The maximum absolute atomic E-state index is 11.1. The number of rotatable bonds is 6. The second-order valence-electron chi connectivity index (χ2n) is 14.2. The first-order valence-electron chi connectivity index (χ1n) is 15.2. The molecular formula is C31H54O3. The Kier molecular flexibility index (Phi) is 7.24. The third-order valence-electron chi connectivity index (χ3n) is 13.0. The fourth-order valence-corrected chi connectivity index (χ4v) is 10.6. The predicted octanol–water partition coefficient (Wildman–Crippen LogP) is 6.99. The van der Waals surface area contributed by atoms with Crippen LogP contribution >= 0.6 is 0 Å². The molecule has 1 unspecified atom stereocenters. The van der Waals surface area contributed by atoms with E-state index >= 15 is 0 Å². The van der Waals surface area contributed by atoms with Gasteiger partial charge < -0.3 is 14.9 Å². The van der Waals surface area contributed by atoms with E-state index in [1.807, 2.05) is 0 Å². The summed E-state index contributed by atoms with van der Waals surface area (Å²) >= 11 is 0. The van der Waals surface area contributed by atoms with Gasteiger partial charge in [-0.1, -0.05) is 27.7 Å². The molecule has 196 valence electrons. The van der Waals surface area contributed by atoms with Crippen molar-refractivity contribution in [1.82, 2.24) is 0 Å². The SMILES string of the molecule is CC[C@]1(O)CC[C@@]2(C)[C@@H](CCC3[C@@H]2CC[C@]2(C)[C@@H]([C@H](C)CC[C@@H](O)C4CCOCC4)CC[C@@H]32)C1. The van der Waals surface area contributed by atoms with E-state index in [1.165, 1.54) is 51.4 Å². The van der Waals surface area contributed by atoms with Crippen LogP contribution < -0.4 is 0 Å². The first kappa shape index (κ1) is 25.5. The molecule has 4 aliphatic carbocycles. The number of hydrogen-bond acceptors (Lipinski definition) is 3. The lowest BCUT2D eigenvalue weighted by Crippen LogP contribution is -2.56. The van der Waals surface area contributed by atoms with Gasteiger partial charge in [0, 0.05) is 13.2 Å². The zero-order valence-electron chi connectivity index (χ0n) is 22.7. The number of aliphatic hydroxyl groups excluding tert-OH is 1. The highest BCUT2D eigenvalue weighted by atomic mass is 16.5. The summed E-state index contributed by atoms with van der Waals surface area (Å²) in [6.45, 7) is 11.6. The second kappa shape index (κ2) is 9.64. The predicted molar refractivity (Wildman–Crippen MR) is 138 cm³/mol. The van der Waals surface area contributed by atoms with Gasteiger partial charge in [0.15, 0.2) is 0 Å². The molecule has 1 saturated heterocycles. The molecule has 5 fully saturated rings. The Balaban J connectivity index is 1.23. The summed E-state index contributed by atoms with van der Waals surface area (Å²) in [6, 6.07) is 0. The first-order chi connectivity index (χ1) is 16.2. The minimum atomic E-state index is -0.386. The molecule has 0 aromatic carbocycles. The van der Waals surface area contributed by atoms with Crippen LogP contribution in [-0.4, -0.2) is 35.1 Å². The fourth-order valence-electron chi connectivity index (χ4n) is 10.6. The minimum Gasteiger partial charge on any atom is -0.393 e. The van der Waals surface area contributed by atoms with Gasteiger partial charge in [-0.2, -0.15) is 0 Å². The number of aliphatic hydroxyl groups is 2. The molecule has 0 spiro atoms. The highest BCUT2D eigenvalue weighted by Gasteiger charge is 2.61. The highest BCUT2D eigenvalue weighted by Crippen LogP contribution is 2.69. The number of ether oxygens (including phenoxy) is 1. The molecule has 1 aliphatic heterocycles. The molecule has 0 amide bonds. The Morgan fingerprint density at radius 2 is 1.59 bits per heavy atom. The summed E-state index contributed by atoms with van der Waals surface area (Å²) in [5, 5.41) is 21.9. The summed E-state index contributed by atoms with van der Waals surface area (Å²) in [4.78, 5) is 0. The van der Waals surface area contributed by atoms with E-state index in [1.54, 1.807) is 0 Å². The molecule has 5 aliphatic rings. The van der Waals surface area contributed by atoms with Crippen LogP contribution in [0, 0.1) is 52.3 Å². The Bertz CT molecular complexity index is 703. The largest absolute Gasteiger partial charge is 0.393 e.